The molecule has 2 heteroatoms. The van der Waals surface area contributed by atoms with Crippen molar-refractivity contribution in [2.75, 3.05) is 20.6 Å². The van der Waals surface area contributed by atoms with E-state index < -0.39 is 0 Å². The van der Waals surface area contributed by atoms with Crippen molar-refractivity contribution >= 4 is 10.8 Å². The monoisotopic (exact) mass is 215 g/mol. The highest BCUT2D eigenvalue weighted by atomic mass is 16.3. The summed E-state index contributed by atoms with van der Waals surface area (Å²) in [5, 5.41) is 11.9. The zero-order valence-corrected chi connectivity index (χ0v) is 9.77. The van der Waals surface area contributed by atoms with Crippen LogP contribution < -0.4 is 0 Å². The summed E-state index contributed by atoms with van der Waals surface area (Å²) < 4.78 is 0. The van der Waals surface area contributed by atoms with Crippen LogP contribution in [0.25, 0.3) is 10.8 Å². The molecule has 2 nitrogen and oxygen atoms in total. The molecule has 0 radical (unpaired) electrons. The van der Waals surface area contributed by atoms with Gasteiger partial charge in [-0.15, -0.1) is 0 Å². The van der Waals surface area contributed by atoms with E-state index in [0.717, 1.165) is 18.4 Å². The standard InChI is InChI=1S/C14H17NO/c1-15(2)9-8-12-5-3-4-11-6-7-13(16)10-14(11)12/h3-7,10,16H,8-9H2,1-2H3. The molecule has 0 aliphatic heterocycles. The summed E-state index contributed by atoms with van der Waals surface area (Å²) in [6.45, 7) is 1.02. The molecule has 2 aromatic rings. The second-order valence-electron chi connectivity index (χ2n) is 4.38. The number of hydrogen-bond acceptors (Lipinski definition) is 2. The first kappa shape index (κ1) is 11.0. The highest BCUT2D eigenvalue weighted by Crippen LogP contribution is 2.23. The molecule has 0 spiro atoms. The summed E-state index contributed by atoms with van der Waals surface area (Å²) in [6, 6.07) is 11.8. The summed E-state index contributed by atoms with van der Waals surface area (Å²) in [4.78, 5) is 2.17. The van der Waals surface area contributed by atoms with Gasteiger partial charge >= 0.3 is 0 Å². The Morgan fingerprint density at radius 1 is 1.12 bits per heavy atom. The number of benzene rings is 2. The van der Waals surface area contributed by atoms with E-state index in [1.807, 2.05) is 12.1 Å². The van der Waals surface area contributed by atoms with Gasteiger partial charge in [0.05, 0.1) is 0 Å². The third-order valence-electron chi connectivity index (χ3n) is 2.78. The Hall–Kier alpha value is -1.54. The third-order valence-corrected chi connectivity index (χ3v) is 2.78. The van der Waals surface area contributed by atoms with Gasteiger partial charge in [-0.3, -0.25) is 0 Å². The molecular weight excluding hydrogens is 198 g/mol. The molecule has 0 unspecified atom stereocenters. The Bertz CT molecular complexity index is 491. The first-order valence-electron chi connectivity index (χ1n) is 5.52. The lowest BCUT2D eigenvalue weighted by Crippen LogP contribution is -2.15. The van der Waals surface area contributed by atoms with Crippen LogP contribution in [0.1, 0.15) is 5.56 Å². The molecule has 2 rings (SSSR count). The molecule has 84 valence electrons. The fraction of sp³-hybridized carbons (Fsp3) is 0.286. The third kappa shape index (κ3) is 2.34. The van der Waals surface area contributed by atoms with Gasteiger partial charge in [0, 0.05) is 6.54 Å². The van der Waals surface area contributed by atoms with Crippen molar-refractivity contribution in [1.29, 1.82) is 0 Å². The topological polar surface area (TPSA) is 23.5 Å². The lowest BCUT2D eigenvalue weighted by Gasteiger charge is -2.11. The van der Waals surface area contributed by atoms with Crippen LogP contribution in [0.15, 0.2) is 36.4 Å². The van der Waals surface area contributed by atoms with Gasteiger partial charge in [-0.25, -0.2) is 0 Å². The second kappa shape index (κ2) is 4.54. The summed E-state index contributed by atoms with van der Waals surface area (Å²) in [5.74, 6) is 0.338. The van der Waals surface area contributed by atoms with Crippen LogP contribution in [0, 0.1) is 0 Å². The Labute approximate surface area is 96.1 Å². The Morgan fingerprint density at radius 2 is 1.94 bits per heavy atom. The maximum absolute atomic E-state index is 9.52. The maximum Gasteiger partial charge on any atom is 0.116 e. The van der Waals surface area contributed by atoms with Crippen molar-refractivity contribution in [1.82, 2.24) is 4.90 Å². The number of phenols is 1. The van der Waals surface area contributed by atoms with Gasteiger partial charge in [0.1, 0.15) is 5.75 Å². The molecule has 0 atom stereocenters. The van der Waals surface area contributed by atoms with E-state index in [-0.39, 0.29) is 0 Å². The normalized spacial score (nSPS) is 11.2. The first-order valence-corrected chi connectivity index (χ1v) is 5.52. The van der Waals surface area contributed by atoms with E-state index in [0.29, 0.717) is 5.75 Å². The van der Waals surface area contributed by atoms with E-state index in [2.05, 4.69) is 37.2 Å². The van der Waals surface area contributed by atoms with Crippen LogP contribution >= 0.6 is 0 Å². The molecule has 0 heterocycles. The molecule has 0 aromatic heterocycles. The number of aromatic hydroxyl groups is 1. The van der Waals surface area contributed by atoms with E-state index in [1.54, 1.807) is 6.07 Å². The van der Waals surface area contributed by atoms with E-state index in [9.17, 15) is 5.11 Å². The summed E-state index contributed by atoms with van der Waals surface area (Å²) in [5.41, 5.74) is 1.29. The van der Waals surface area contributed by atoms with Crippen LogP contribution in [0.2, 0.25) is 0 Å². The molecule has 2 aromatic carbocycles. The van der Waals surface area contributed by atoms with Crippen molar-refractivity contribution < 1.29 is 5.11 Å². The average molecular weight is 215 g/mol. The lowest BCUT2D eigenvalue weighted by atomic mass is 10.0. The number of hydrogen-bond donors (Lipinski definition) is 1. The number of phenolic OH excluding ortho intramolecular Hbond substituents is 1. The Balaban J connectivity index is 2.40. The molecule has 0 saturated heterocycles. The minimum atomic E-state index is 0.338. The van der Waals surface area contributed by atoms with E-state index in [1.165, 1.54) is 10.9 Å². The SMILES string of the molecule is CN(C)CCc1cccc2ccc(O)cc12. The summed E-state index contributed by atoms with van der Waals surface area (Å²) >= 11 is 0. The smallest absolute Gasteiger partial charge is 0.116 e. The van der Waals surface area contributed by atoms with Crippen LogP contribution in [-0.4, -0.2) is 30.6 Å². The highest BCUT2D eigenvalue weighted by molar-refractivity contribution is 5.87. The second-order valence-corrected chi connectivity index (χ2v) is 4.38. The molecule has 0 amide bonds. The molecule has 0 aliphatic rings. The van der Waals surface area contributed by atoms with Crippen LogP contribution in [0.5, 0.6) is 5.75 Å². The number of rotatable bonds is 3. The van der Waals surface area contributed by atoms with E-state index >= 15 is 0 Å². The van der Waals surface area contributed by atoms with E-state index in [4.69, 9.17) is 0 Å². The number of likely N-dealkylation sites (N-methyl/N-ethyl adjacent to an activating group) is 1. The average Bonchev–Trinajstić information content (AvgIpc) is 2.26. The lowest BCUT2D eigenvalue weighted by molar-refractivity contribution is 0.414. The van der Waals surface area contributed by atoms with Crippen molar-refractivity contribution in [2.45, 2.75) is 6.42 Å². The maximum atomic E-state index is 9.52. The molecular formula is C14H17NO. The molecule has 16 heavy (non-hydrogen) atoms. The van der Waals surface area contributed by atoms with Crippen LogP contribution in [0.4, 0.5) is 0 Å². The fourth-order valence-corrected chi connectivity index (χ4v) is 1.89. The van der Waals surface area contributed by atoms with Gasteiger partial charge in [0.15, 0.2) is 0 Å². The Morgan fingerprint density at radius 3 is 2.69 bits per heavy atom. The van der Waals surface area contributed by atoms with Crippen molar-refractivity contribution in [3.05, 3.63) is 42.0 Å². The zero-order chi connectivity index (χ0) is 11.5. The largest absolute Gasteiger partial charge is 0.508 e. The molecule has 0 fully saturated rings. The van der Waals surface area contributed by atoms with Gasteiger partial charge < -0.3 is 10.0 Å². The van der Waals surface area contributed by atoms with Gasteiger partial charge in [-0.1, -0.05) is 24.3 Å². The molecule has 0 aliphatic carbocycles. The fourth-order valence-electron chi connectivity index (χ4n) is 1.89. The van der Waals surface area contributed by atoms with Crippen molar-refractivity contribution in [2.24, 2.45) is 0 Å². The molecule has 0 saturated carbocycles. The highest BCUT2D eigenvalue weighted by Gasteiger charge is 2.02. The van der Waals surface area contributed by atoms with Gasteiger partial charge in [-0.2, -0.15) is 0 Å². The minimum Gasteiger partial charge on any atom is -0.508 e. The zero-order valence-electron chi connectivity index (χ0n) is 9.77. The van der Waals surface area contributed by atoms with Crippen LogP contribution in [0.3, 0.4) is 0 Å². The summed E-state index contributed by atoms with van der Waals surface area (Å²) in [6.07, 6.45) is 1.01. The van der Waals surface area contributed by atoms with Crippen molar-refractivity contribution in [3.63, 3.8) is 0 Å². The van der Waals surface area contributed by atoms with Gasteiger partial charge in [-0.05, 0) is 49.0 Å². The molecule has 0 bridgehead atoms. The predicted octanol–water partition coefficient (Wildman–Crippen LogP) is 2.65. The minimum absolute atomic E-state index is 0.338. The number of nitrogens with zero attached hydrogens (tertiary/aromatic N) is 1. The Kier molecular flexibility index (Phi) is 3.11. The van der Waals surface area contributed by atoms with Gasteiger partial charge in [0.2, 0.25) is 0 Å². The predicted molar refractivity (Wildman–Crippen MR) is 67.9 cm³/mol. The quantitative estimate of drug-likeness (QED) is 0.850. The van der Waals surface area contributed by atoms with Crippen LogP contribution in [-0.2, 0) is 6.42 Å². The summed E-state index contributed by atoms with van der Waals surface area (Å²) in [7, 11) is 4.14. The van der Waals surface area contributed by atoms with Crippen molar-refractivity contribution in [3.8, 4) is 5.75 Å². The number of fused-ring (bicyclic) bond motifs is 1. The van der Waals surface area contributed by atoms with Gasteiger partial charge in [0.25, 0.3) is 0 Å². The molecule has 1 N–H and O–H groups in total. The first-order chi connectivity index (χ1) is 7.66.